The highest BCUT2D eigenvalue weighted by Crippen LogP contribution is 2.40. The number of nitrogens with zero attached hydrogens (tertiary/aromatic N) is 1. The molecule has 1 aromatic rings. The Morgan fingerprint density at radius 1 is 1.43 bits per heavy atom. The molecule has 0 aliphatic carbocycles. The SMILES string of the molecule is COc1cc(C2CC(CN)CN2C)cc(C(=O)O)c1OC. The molecule has 2 rings (SSSR count). The number of nitrogens with two attached hydrogens (primary N) is 1. The molecule has 6 heteroatoms. The first-order chi connectivity index (χ1) is 10.0. The fourth-order valence-corrected chi connectivity index (χ4v) is 3.00. The van der Waals surface area contributed by atoms with Crippen molar-refractivity contribution in [3.63, 3.8) is 0 Å². The maximum Gasteiger partial charge on any atom is 0.339 e. The molecule has 1 aliphatic rings. The summed E-state index contributed by atoms with van der Waals surface area (Å²) in [4.78, 5) is 13.6. The Morgan fingerprint density at radius 2 is 2.14 bits per heavy atom. The second-order valence-corrected chi connectivity index (χ2v) is 5.40. The molecule has 0 saturated carbocycles. The molecule has 1 aromatic carbocycles. The Labute approximate surface area is 124 Å². The molecule has 0 spiro atoms. The number of likely N-dealkylation sites (tertiary alicyclic amines) is 1. The van der Waals surface area contributed by atoms with E-state index in [1.54, 1.807) is 6.07 Å². The van der Waals surface area contributed by atoms with Crippen molar-refractivity contribution in [2.45, 2.75) is 12.5 Å². The standard InChI is InChI=1S/C15H22N2O4/c1-17-8-9(7-16)4-12(17)10-5-11(15(18)19)14(21-3)13(6-10)20-2/h5-6,9,12H,4,7-8,16H2,1-3H3,(H,18,19). The van der Waals surface area contributed by atoms with Crippen LogP contribution in [0.2, 0.25) is 0 Å². The number of ether oxygens (including phenoxy) is 2. The third-order valence-electron chi connectivity index (χ3n) is 4.08. The number of aromatic carboxylic acids is 1. The highest BCUT2D eigenvalue weighted by Gasteiger charge is 2.31. The van der Waals surface area contributed by atoms with Gasteiger partial charge in [-0.2, -0.15) is 0 Å². The largest absolute Gasteiger partial charge is 0.493 e. The molecule has 116 valence electrons. The second kappa shape index (κ2) is 6.32. The molecule has 1 heterocycles. The van der Waals surface area contributed by atoms with Gasteiger partial charge in [0.05, 0.1) is 14.2 Å². The zero-order valence-corrected chi connectivity index (χ0v) is 12.6. The van der Waals surface area contributed by atoms with E-state index in [2.05, 4.69) is 4.90 Å². The van der Waals surface area contributed by atoms with Crippen molar-refractivity contribution in [3.8, 4) is 11.5 Å². The predicted molar refractivity (Wildman–Crippen MR) is 79.0 cm³/mol. The molecule has 2 unspecified atom stereocenters. The minimum atomic E-state index is -1.02. The summed E-state index contributed by atoms with van der Waals surface area (Å²) in [5, 5.41) is 9.38. The number of carboxylic acid groups (broad SMARTS) is 1. The molecule has 1 fully saturated rings. The lowest BCUT2D eigenvalue weighted by Gasteiger charge is -2.22. The van der Waals surface area contributed by atoms with E-state index in [4.69, 9.17) is 15.2 Å². The lowest BCUT2D eigenvalue weighted by Crippen LogP contribution is -2.20. The Balaban J connectivity index is 2.45. The van der Waals surface area contributed by atoms with E-state index in [1.165, 1.54) is 14.2 Å². The van der Waals surface area contributed by atoms with E-state index in [1.807, 2.05) is 13.1 Å². The number of benzene rings is 1. The van der Waals surface area contributed by atoms with Crippen LogP contribution in [-0.2, 0) is 0 Å². The van der Waals surface area contributed by atoms with Crippen LogP contribution in [0.4, 0.5) is 0 Å². The highest BCUT2D eigenvalue weighted by molar-refractivity contribution is 5.92. The van der Waals surface area contributed by atoms with Crippen molar-refractivity contribution in [2.24, 2.45) is 11.7 Å². The van der Waals surface area contributed by atoms with E-state index >= 15 is 0 Å². The van der Waals surface area contributed by atoms with Gasteiger partial charge in [-0.3, -0.25) is 4.90 Å². The van der Waals surface area contributed by atoms with Crippen LogP contribution in [0, 0.1) is 5.92 Å². The fraction of sp³-hybridized carbons (Fsp3) is 0.533. The monoisotopic (exact) mass is 294 g/mol. The molecular formula is C15H22N2O4. The van der Waals surface area contributed by atoms with Gasteiger partial charge in [0.15, 0.2) is 11.5 Å². The summed E-state index contributed by atoms with van der Waals surface area (Å²) in [6.07, 6.45) is 0.918. The van der Waals surface area contributed by atoms with Gasteiger partial charge in [0.1, 0.15) is 5.56 Å². The number of hydrogen-bond acceptors (Lipinski definition) is 5. The van der Waals surface area contributed by atoms with E-state index in [0.717, 1.165) is 18.5 Å². The molecule has 0 amide bonds. The summed E-state index contributed by atoms with van der Waals surface area (Å²) in [6, 6.07) is 3.67. The fourth-order valence-electron chi connectivity index (χ4n) is 3.00. The van der Waals surface area contributed by atoms with Crippen molar-refractivity contribution >= 4 is 5.97 Å². The van der Waals surface area contributed by atoms with Crippen molar-refractivity contribution in [1.29, 1.82) is 0 Å². The Kier molecular flexibility index (Phi) is 4.69. The maximum absolute atomic E-state index is 11.4. The summed E-state index contributed by atoms with van der Waals surface area (Å²) in [7, 11) is 4.97. The van der Waals surface area contributed by atoms with Crippen molar-refractivity contribution in [2.75, 3.05) is 34.4 Å². The molecule has 6 nitrogen and oxygen atoms in total. The maximum atomic E-state index is 11.4. The average Bonchev–Trinajstić information content (AvgIpc) is 2.86. The summed E-state index contributed by atoms with van der Waals surface area (Å²) < 4.78 is 10.5. The van der Waals surface area contributed by atoms with Gasteiger partial charge in [0, 0.05) is 12.6 Å². The molecular weight excluding hydrogens is 272 g/mol. The zero-order chi connectivity index (χ0) is 15.6. The third-order valence-corrected chi connectivity index (χ3v) is 4.08. The minimum Gasteiger partial charge on any atom is -0.493 e. The van der Waals surface area contributed by atoms with Gasteiger partial charge >= 0.3 is 5.97 Å². The van der Waals surface area contributed by atoms with Crippen LogP contribution in [0.25, 0.3) is 0 Å². The van der Waals surface area contributed by atoms with Crippen LogP contribution in [0.5, 0.6) is 11.5 Å². The van der Waals surface area contributed by atoms with Crippen molar-refractivity contribution < 1.29 is 19.4 Å². The van der Waals surface area contributed by atoms with Crippen LogP contribution in [0.15, 0.2) is 12.1 Å². The van der Waals surface area contributed by atoms with Gasteiger partial charge in [-0.1, -0.05) is 0 Å². The van der Waals surface area contributed by atoms with Crippen LogP contribution < -0.4 is 15.2 Å². The minimum absolute atomic E-state index is 0.122. The molecule has 0 aromatic heterocycles. The van der Waals surface area contributed by atoms with Gasteiger partial charge in [-0.05, 0) is 43.6 Å². The van der Waals surface area contributed by atoms with Gasteiger partial charge < -0.3 is 20.3 Å². The van der Waals surface area contributed by atoms with Crippen molar-refractivity contribution in [1.82, 2.24) is 4.90 Å². The smallest absolute Gasteiger partial charge is 0.339 e. The van der Waals surface area contributed by atoms with Crippen molar-refractivity contribution in [3.05, 3.63) is 23.3 Å². The normalized spacial score (nSPS) is 22.3. The Bertz CT molecular complexity index is 533. The van der Waals surface area contributed by atoms with E-state index in [-0.39, 0.29) is 17.4 Å². The average molecular weight is 294 g/mol. The molecule has 21 heavy (non-hydrogen) atoms. The van der Waals surface area contributed by atoms with Gasteiger partial charge in [-0.15, -0.1) is 0 Å². The molecule has 1 aliphatic heterocycles. The molecule has 2 atom stereocenters. The first kappa shape index (κ1) is 15.6. The number of carbonyl (C=O) groups is 1. The zero-order valence-electron chi connectivity index (χ0n) is 12.6. The van der Waals surface area contributed by atoms with Gasteiger partial charge in [-0.25, -0.2) is 4.79 Å². The number of methoxy groups -OCH3 is 2. The van der Waals surface area contributed by atoms with Gasteiger partial charge in [0.25, 0.3) is 0 Å². The topological polar surface area (TPSA) is 85.0 Å². The number of carboxylic acids is 1. The van der Waals surface area contributed by atoms with E-state index in [9.17, 15) is 9.90 Å². The second-order valence-electron chi connectivity index (χ2n) is 5.40. The summed E-state index contributed by atoms with van der Waals surface area (Å²) >= 11 is 0. The molecule has 1 saturated heterocycles. The molecule has 0 bridgehead atoms. The Hall–Kier alpha value is -1.79. The number of hydrogen-bond donors (Lipinski definition) is 2. The molecule has 0 radical (unpaired) electrons. The summed E-state index contributed by atoms with van der Waals surface area (Å²) in [5.41, 5.74) is 6.79. The quantitative estimate of drug-likeness (QED) is 0.853. The first-order valence-corrected chi connectivity index (χ1v) is 6.91. The van der Waals surface area contributed by atoms with Crippen LogP contribution in [-0.4, -0.2) is 50.3 Å². The lowest BCUT2D eigenvalue weighted by atomic mass is 9.97. The third kappa shape index (κ3) is 2.96. The van der Waals surface area contributed by atoms with Crippen LogP contribution in [0.1, 0.15) is 28.4 Å². The summed E-state index contributed by atoms with van der Waals surface area (Å²) in [5.74, 6) is 0.103. The lowest BCUT2D eigenvalue weighted by molar-refractivity contribution is 0.0692. The van der Waals surface area contributed by atoms with Crippen LogP contribution >= 0.6 is 0 Å². The van der Waals surface area contributed by atoms with Crippen LogP contribution in [0.3, 0.4) is 0 Å². The first-order valence-electron chi connectivity index (χ1n) is 6.91. The number of rotatable bonds is 5. The highest BCUT2D eigenvalue weighted by atomic mass is 16.5. The Morgan fingerprint density at radius 3 is 2.62 bits per heavy atom. The van der Waals surface area contributed by atoms with Gasteiger partial charge in [0.2, 0.25) is 0 Å². The van der Waals surface area contributed by atoms with E-state index in [0.29, 0.717) is 18.2 Å². The summed E-state index contributed by atoms with van der Waals surface area (Å²) in [6.45, 7) is 1.55. The predicted octanol–water partition coefficient (Wildman–Crippen LogP) is 1.35. The molecule has 3 N–H and O–H groups in total. The van der Waals surface area contributed by atoms with E-state index < -0.39 is 5.97 Å².